The first-order valence-electron chi connectivity index (χ1n) is 7.61. The van der Waals surface area contributed by atoms with Crippen LogP contribution in [0.3, 0.4) is 0 Å². The summed E-state index contributed by atoms with van der Waals surface area (Å²) >= 11 is 1.56. The Bertz CT molecular complexity index is 829. The Labute approximate surface area is 144 Å². The molecule has 6 heteroatoms. The molecule has 0 aliphatic carbocycles. The van der Waals surface area contributed by atoms with Crippen molar-refractivity contribution in [2.75, 3.05) is 10.6 Å². The SMILES string of the molecule is Cc1cccc(Nc2ccc(NC(=O)Cc3cccs3)nn2)c1C. The topological polar surface area (TPSA) is 66.9 Å². The van der Waals surface area contributed by atoms with Crippen LogP contribution >= 0.6 is 11.3 Å². The summed E-state index contributed by atoms with van der Waals surface area (Å²) < 4.78 is 0. The number of hydrogen-bond acceptors (Lipinski definition) is 5. The molecule has 24 heavy (non-hydrogen) atoms. The van der Waals surface area contributed by atoms with Crippen molar-refractivity contribution in [3.63, 3.8) is 0 Å². The van der Waals surface area contributed by atoms with Gasteiger partial charge in [-0.3, -0.25) is 4.79 Å². The Morgan fingerprint density at radius 1 is 1.04 bits per heavy atom. The van der Waals surface area contributed by atoms with Crippen LogP contribution in [0.5, 0.6) is 0 Å². The molecule has 1 aromatic carbocycles. The van der Waals surface area contributed by atoms with Crippen LogP contribution in [-0.2, 0) is 11.2 Å². The van der Waals surface area contributed by atoms with Gasteiger partial charge in [-0.1, -0.05) is 18.2 Å². The highest BCUT2D eigenvalue weighted by molar-refractivity contribution is 7.10. The van der Waals surface area contributed by atoms with Crippen molar-refractivity contribution in [2.45, 2.75) is 20.3 Å². The van der Waals surface area contributed by atoms with E-state index >= 15 is 0 Å². The second kappa shape index (κ2) is 7.23. The minimum atomic E-state index is -0.0954. The monoisotopic (exact) mass is 338 g/mol. The van der Waals surface area contributed by atoms with Crippen molar-refractivity contribution in [1.29, 1.82) is 0 Å². The van der Waals surface area contributed by atoms with E-state index in [-0.39, 0.29) is 5.91 Å². The van der Waals surface area contributed by atoms with Gasteiger partial charge in [0.15, 0.2) is 11.6 Å². The molecule has 0 bridgehead atoms. The highest BCUT2D eigenvalue weighted by Gasteiger charge is 2.07. The Hall–Kier alpha value is -2.73. The van der Waals surface area contributed by atoms with Crippen molar-refractivity contribution in [2.24, 2.45) is 0 Å². The fraction of sp³-hybridized carbons (Fsp3) is 0.167. The summed E-state index contributed by atoms with van der Waals surface area (Å²) in [6, 6.07) is 13.5. The van der Waals surface area contributed by atoms with Crippen LogP contribution in [0, 0.1) is 13.8 Å². The third-order valence-electron chi connectivity index (χ3n) is 3.71. The maximum absolute atomic E-state index is 12.0. The Balaban J connectivity index is 1.63. The molecule has 0 unspecified atom stereocenters. The number of thiophene rings is 1. The van der Waals surface area contributed by atoms with Gasteiger partial charge in [-0.2, -0.15) is 0 Å². The first kappa shape index (κ1) is 16.1. The van der Waals surface area contributed by atoms with E-state index in [2.05, 4.69) is 40.7 Å². The number of carbonyl (C=O) groups is 1. The molecule has 0 saturated heterocycles. The molecule has 0 radical (unpaired) electrons. The Kier molecular flexibility index (Phi) is 4.86. The second-order valence-corrected chi connectivity index (χ2v) is 6.51. The zero-order valence-electron chi connectivity index (χ0n) is 13.5. The fourth-order valence-electron chi connectivity index (χ4n) is 2.25. The van der Waals surface area contributed by atoms with Crippen LogP contribution in [0.25, 0.3) is 0 Å². The van der Waals surface area contributed by atoms with E-state index < -0.39 is 0 Å². The van der Waals surface area contributed by atoms with E-state index in [0.717, 1.165) is 10.6 Å². The molecule has 0 atom stereocenters. The van der Waals surface area contributed by atoms with Gasteiger partial charge in [0.2, 0.25) is 5.91 Å². The number of aryl methyl sites for hydroxylation is 1. The predicted molar refractivity (Wildman–Crippen MR) is 97.9 cm³/mol. The number of rotatable bonds is 5. The average Bonchev–Trinajstić information content (AvgIpc) is 3.06. The zero-order valence-corrected chi connectivity index (χ0v) is 14.4. The van der Waals surface area contributed by atoms with Crippen molar-refractivity contribution < 1.29 is 4.79 Å². The van der Waals surface area contributed by atoms with E-state index in [4.69, 9.17) is 0 Å². The van der Waals surface area contributed by atoms with Crippen molar-refractivity contribution >= 4 is 34.6 Å². The quantitative estimate of drug-likeness (QED) is 0.735. The average molecular weight is 338 g/mol. The van der Waals surface area contributed by atoms with Crippen LogP contribution in [0.1, 0.15) is 16.0 Å². The smallest absolute Gasteiger partial charge is 0.230 e. The van der Waals surface area contributed by atoms with Crippen LogP contribution in [-0.4, -0.2) is 16.1 Å². The fourth-order valence-corrected chi connectivity index (χ4v) is 2.95. The molecule has 122 valence electrons. The normalized spacial score (nSPS) is 10.4. The third-order valence-corrected chi connectivity index (χ3v) is 4.59. The van der Waals surface area contributed by atoms with Gasteiger partial charge >= 0.3 is 0 Å². The first-order valence-corrected chi connectivity index (χ1v) is 8.49. The van der Waals surface area contributed by atoms with Gasteiger partial charge in [-0.25, -0.2) is 0 Å². The minimum Gasteiger partial charge on any atom is -0.339 e. The van der Waals surface area contributed by atoms with Crippen molar-refractivity contribution in [3.8, 4) is 0 Å². The summed E-state index contributed by atoms with van der Waals surface area (Å²) in [6.45, 7) is 4.13. The molecule has 2 N–H and O–H groups in total. The van der Waals surface area contributed by atoms with Crippen LogP contribution in [0.15, 0.2) is 47.8 Å². The van der Waals surface area contributed by atoms with E-state index in [1.165, 1.54) is 11.1 Å². The number of benzene rings is 1. The maximum Gasteiger partial charge on any atom is 0.230 e. The number of anilines is 3. The van der Waals surface area contributed by atoms with E-state index in [0.29, 0.717) is 18.1 Å². The van der Waals surface area contributed by atoms with Gasteiger partial charge in [-0.05, 0) is 54.6 Å². The largest absolute Gasteiger partial charge is 0.339 e. The first-order chi connectivity index (χ1) is 11.6. The number of nitrogens with one attached hydrogen (secondary N) is 2. The summed E-state index contributed by atoms with van der Waals surface area (Å²) in [7, 11) is 0. The molecule has 1 amide bonds. The lowest BCUT2D eigenvalue weighted by molar-refractivity contribution is -0.115. The summed E-state index contributed by atoms with van der Waals surface area (Å²) in [5.74, 6) is 0.991. The van der Waals surface area contributed by atoms with Gasteiger partial charge < -0.3 is 10.6 Å². The highest BCUT2D eigenvalue weighted by Crippen LogP contribution is 2.21. The summed E-state index contributed by atoms with van der Waals surface area (Å²) in [5.41, 5.74) is 3.39. The van der Waals surface area contributed by atoms with Crippen LogP contribution in [0.4, 0.5) is 17.3 Å². The highest BCUT2D eigenvalue weighted by atomic mass is 32.1. The lowest BCUT2D eigenvalue weighted by Gasteiger charge is -2.10. The standard InChI is InChI=1S/C18H18N4OS/c1-12-5-3-7-15(13(12)2)19-16-8-9-17(22-21-16)20-18(23)11-14-6-4-10-24-14/h3-10H,11H2,1-2H3,(H,19,21)(H,20,22,23). The second-order valence-electron chi connectivity index (χ2n) is 5.48. The van der Waals surface area contributed by atoms with Crippen LogP contribution in [0.2, 0.25) is 0 Å². The molecule has 3 rings (SSSR count). The predicted octanol–water partition coefficient (Wildman–Crippen LogP) is 4.08. The molecule has 0 spiro atoms. The lowest BCUT2D eigenvalue weighted by atomic mass is 10.1. The molecule has 0 fully saturated rings. The summed E-state index contributed by atoms with van der Waals surface area (Å²) in [4.78, 5) is 13.0. The Morgan fingerprint density at radius 2 is 1.83 bits per heavy atom. The maximum atomic E-state index is 12.0. The summed E-state index contributed by atoms with van der Waals surface area (Å²) in [6.07, 6.45) is 0.349. The summed E-state index contributed by atoms with van der Waals surface area (Å²) in [5, 5.41) is 16.1. The number of hydrogen-bond donors (Lipinski definition) is 2. The molecule has 2 aromatic heterocycles. The Morgan fingerprint density at radius 3 is 2.54 bits per heavy atom. The van der Waals surface area contributed by atoms with Gasteiger partial charge in [0.05, 0.1) is 6.42 Å². The molecule has 0 aliphatic rings. The number of amides is 1. The van der Waals surface area contributed by atoms with Gasteiger partial charge in [0.1, 0.15) is 0 Å². The third kappa shape index (κ3) is 3.97. The van der Waals surface area contributed by atoms with Gasteiger partial charge in [0, 0.05) is 10.6 Å². The minimum absolute atomic E-state index is 0.0954. The molecule has 5 nitrogen and oxygen atoms in total. The van der Waals surface area contributed by atoms with E-state index in [1.54, 1.807) is 23.5 Å². The molecule has 2 heterocycles. The molecular formula is C18H18N4OS. The van der Waals surface area contributed by atoms with Crippen molar-refractivity contribution in [3.05, 3.63) is 63.8 Å². The van der Waals surface area contributed by atoms with Crippen molar-refractivity contribution in [1.82, 2.24) is 10.2 Å². The van der Waals surface area contributed by atoms with E-state index in [1.807, 2.05) is 29.6 Å². The molecule has 3 aromatic rings. The van der Waals surface area contributed by atoms with Gasteiger partial charge in [0.25, 0.3) is 0 Å². The molecule has 0 aliphatic heterocycles. The number of nitrogens with zero attached hydrogens (tertiary/aromatic N) is 2. The van der Waals surface area contributed by atoms with Crippen LogP contribution < -0.4 is 10.6 Å². The zero-order chi connectivity index (χ0) is 16.9. The van der Waals surface area contributed by atoms with E-state index in [9.17, 15) is 4.79 Å². The number of aromatic nitrogens is 2. The van der Waals surface area contributed by atoms with Gasteiger partial charge in [-0.15, -0.1) is 21.5 Å². The molecular weight excluding hydrogens is 320 g/mol. The molecule has 0 saturated carbocycles. The number of carbonyl (C=O) groups excluding carboxylic acids is 1. The lowest BCUT2D eigenvalue weighted by Crippen LogP contribution is -2.15.